The smallest absolute Gasteiger partial charge is 0.350 e. The van der Waals surface area contributed by atoms with Gasteiger partial charge in [-0.1, -0.05) is 18.2 Å². The molecular weight excluding hydrogens is 246 g/mol. The number of esters is 2. The standard InChI is InChI=1S/C14H15NO4/c1-14(2)18-12(16)11(13(17)19-14)9-15(3)10-7-5-4-6-8-10/h4-9H,1-3H3. The molecule has 100 valence electrons. The Morgan fingerprint density at radius 3 is 2.11 bits per heavy atom. The third-order valence-corrected chi connectivity index (χ3v) is 2.60. The molecule has 0 radical (unpaired) electrons. The molecule has 1 aromatic carbocycles. The molecule has 5 heteroatoms. The first-order valence-corrected chi connectivity index (χ1v) is 5.85. The lowest BCUT2D eigenvalue weighted by molar-refractivity contribution is -0.222. The van der Waals surface area contributed by atoms with Gasteiger partial charge in [-0.15, -0.1) is 0 Å². The maximum atomic E-state index is 11.8. The summed E-state index contributed by atoms with van der Waals surface area (Å²) in [5.41, 5.74) is 0.728. The Morgan fingerprint density at radius 2 is 1.58 bits per heavy atom. The summed E-state index contributed by atoms with van der Waals surface area (Å²) >= 11 is 0. The molecule has 1 fully saturated rings. The van der Waals surface area contributed by atoms with E-state index in [1.807, 2.05) is 30.3 Å². The van der Waals surface area contributed by atoms with Gasteiger partial charge < -0.3 is 14.4 Å². The third kappa shape index (κ3) is 2.93. The van der Waals surface area contributed by atoms with E-state index in [1.165, 1.54) is 20.0 Å². The normalized spacial score (nSPS) is 17.5. The predicted molar refractivity (Wildman–Crippen MR) is 69.2 cm³/mol. The summed E-state index contributed by atoms with van der Waals surface area (Å²) in [6.07, 6.45) is 1.41. The molecule has 0 atom stereocenters. The molecule has 0 N–H and O–H groups in total. The maximum Gasteiger partial charge on any atom is 0.350 e. The molecule has 0 spiro atoms. The number of para-hydroxylation sites is 1. The highest BCUT2D eigenvalue weighted by Gasteiger charge is 2.39. The van der Waals surface area contributed by atoms with Crippen molar-refractivity contribution in [2.24, 2.45) is 0 Å². The van der Waals surface area contributed by atoms with E-state index in [0.29, 0.717) is 0 Å². The summed E-state index contributed by atoms with van der Waals surface area (Å²) in [6.45, 7) is 3.03. The van der Waals surface area contributed by atoms with Crippen LogP contribution in [0.15, 0.2) is 42.1 Å². The van der Waals surface area contributed by atoms with Crippen LogP contribution in [0.4, 0.5) is 5.69 Å². The number of carbonyl (C=O) groups excluding carboxylic acids is 2. The monoisotopic (exact) mass is 261 g/mol. The fourth-order valence-electron chi connectivity index (χ4n) is 1.70. The second-order valence-electron chi connectivity index (χ2n) is 4.67. The maximum absolute atomic E-state index is 11.8. The minimum absolute atomic E-state index is 0.120. The van der Waals surface area contributed by atoms with E-state index >= 15 is 0 Å². The largest absolute Gasteiger partial charge is 0.419 e. The van der Waals surface area contributed by atoms with Crippen molar-refractivity contribution in [3.05, 3.63) is 42.1 Å². The van der Waals surface area contributed by atoms with Gasteiger partial charge in [0.25, 0.3) is 5.79 Å². The number of cyclic esters (lactones) is 2. The van der Waals surface area contributed by atoms with Gasteiger partial charge >= 0.3 is 11.9 Å². The van der Waals surface area contributed by atoms with Crippen LogP contribution >= 0.6 is 0 Å². The molecule has 1 aliphatic heterocycles. The van der Waals surface area contributed by atoms with Crippen LogP contribution in [0.1, 0.15) is 13.8 Å². The van der Waals surface area contributed by atoms with Gasteiger partial charge in [-0.05, 0) is 12.1 Å². The average molecular weight is 261 g/mol. The van der Waals surface area contributed by atoms with Crippen LogP contribution in [0.5, 0.6) is 0 Å². The molecule has 1 aromatic rings. The Bertz CT molecular complexity index is 512. The molecule has 2 rings (SSSR count). The number of benzene rings is 1. The lowest BCUT2D eigenvalue weighted by Crippen LogP contribution is -2.42. The van der Waals surface area contributed by atoms with Gasteiger partial charge in [0, 0.05) is 32.8 Å². The number of carbonyl (C=O) groups is 2. The predicted octanol–water partition coefficient (Wildman–Crippen LogP) is 1.84. The summed E-state index contributed by atoms with van der Waals surface area (Å²) in [7, 11) is 1.74. The van der Waals surface area contributed by atoms with Crippen LogP contribution in [0.25, 0.3) is 0 Å². The Kier molecular flexibility index (Phi) is 3.29. The zero-order chi connectivity index (χ0) is 14.0. The molecule has 0 saturated carbocycles. The van der Waals surface area contributed by atoms with Crippen molar-refractivity contribution in [1.82, 2.24) is 0 Å². The quantitative estimate of drug-likeness (QED) is 0.462. The van der Waals surface area contributed by atoms with E-state index in [0.717, 1.165) is 5.69 Å². The lowest BCUT2D eigenvalue weighted by atomic mass is 10.2. The number of anilines is 1. The fourth-order valence-corrected chi connectivity index (χ4v) is 1.70. The Hall–Kier alpha value is -2.30. The minimum Gasteiger partial charge on any atom is -0.419 e. The van der Waals surface area contributed by atoms with E-state index in [2.05, 4.69) is 0 Å². The topological polar surface area (TPSA) is 55.8 Å². The zero-order valence-electron chi connectivity index (χ0n) is 11.0. The van der Waals surface area contributed by atoms with Gasteiger partial charge in [0.05, 0.1) is 0 Å². The molecule has 5 nitrogen and oxygen atoms in total. The average Bonchev–Trinajstić information content (AvgIpc) is 2.33. The van der Waals surface area contributed by atoms with Gasteiger partial charge in [-0.2, -0.15) is 0 Å². The van der Waals surface area contributed by atoms with Gasteiger partial charge in [0.15, 0.2) is 5.57 Å². The van der Waals surface area contributed by atoms with Crippen LogP contribution in [0, 0.1) is 0 Å². The summed E-state index contributed by atoms with van der Waals surface area (Å²) in [6, 6.07) is 9.34. The summed E-state index contributed by atoms with van der Waals surface area (Å²) in [5, 5.41) is 0. The Labute approximate surface area is 111 Å². The van der Waals surface area contributed by atoms with Crippen molar-refractivity contribution in [3.8, 4) is 0 Å². The SMILES string of the molecule is CN(C=C1C(=O)OC(C)(C)OC1=O)c1ccccc1. The van der Waals surface area contributed by atoms with E-state index < -0.39 is 17.7 Å². The number of hydrogen-bond donors (Lipinski definition) is 0. The molecule has 0 bridgehead atoms. The van der Waals surface area contributed by atoms with Gasteiger partial charge in [-0.25, -0.2) is 9.59 Å². The summed E-state index contributed by atoms with van der Waals surface area (Å²) in [4.78, 5) is 25.2. The number of ether oxygens (including phenoxy) is 2. The van der Waals surface area contributed by atoms with Crippen LogP contribution in [0.2, 0.25) is 0 Å². The molecular formula is C14H15NO4. The first kappa shape index (κ1) is 13.1. The minimum atomic E-state index is -1.21. The first-order chi connectivity index (χ1) is 8.89. The van der Waals surface area contributed by atoms with Crippen molar-refractivity contribution in [1.29, 1.82) is 0 Å². The Morgan fingerprint density at radius 1 is 1.05 bits per heavy atom. The fraction of sp³-hybridized carbons (Fsp3) is 0.286. The summed E-state index contributed by atoms with van der Waals surface area (Å²) < 4.78 is 10.0. The van der Waals surface area contributed by atoms with E-state index in [9.17, 15) is 9.59 Å². The van der Waals surface area contributed by atoms with Crippen molar-refractivity contribution >= 4 is 17.6 Å². The highest BCUT2D eigenvalue weighted by atomic mass is 16.7. The second kappa shape index (κ2) is 4.76. The molecule has 0 aromatic heterocycles. The molecule has 1 saturated heterocycles. The summed E-state index contributed by atoms with van der Waals surface area (Å²) in [5.74, 6) is -2.57. The van der Waals surface area contributed by atoms with Crippen molar-refractivity contribution in [2.75, 3.05) is 11.9 Å². The molecule has 0 aliphatic carbocycles. The van der Waals surface area contributed by atoms with Crippen molar-refractivity contribution in [2.45, 2.75) is 19.6 Å². The highest BCUT2D eigenvalue weighted by Crippen LogP contribution is 2.23. The second-order valence-corrected chi connectivity index (χ2v) is 4.67. The van der Waals surface area contributed by atoms with E-state index in [4.69, 9.17) is 9.47 Å². The van der Waals surface area contributed by atoms with E-state index in [1.54, 1.807) is 11.9 Å². The van der Waals surface area contributed by atoms with Crippen LogP contribution < -0.4 is 4.90 Å². The van der Waals surface area contributed by atoms with Crippen LogP contribution in [-0.2, 0) is 19.1 Å². The number of hydrogen-bond acceptors (Lipinski definition) is 5. The van der Waals surface area contributed by atoms with Gasteiger partial charge in [0.1, 0.15) is 0 Å². The van der Waals surface area contributed by atoms with Crippen LogP contribution in [-0.4, -0.2) is 24.8 Å². The molecule has 0 unspecified atom stereocenters. The van der Waals surface area contributed by atoms with E-state index in [-0.39, 0.29) is 5.57 Å². The molecule has 1 aliphatic rings. The van der Waals surface area contributed by atoms with Crippen LogP contribution in [0.3, 0.4) is 0 Å². The highest BCUT2D eigenvalue weighted by molar-refractivity contribution is 6.15. The number of nitrogens with zero attached hydrogens (tertiary/aromatic N) is 1. The molecule has 0 amide bonds. The Balaban J connectivity index is 2.24. The van der Waals surface area contributed by atoms with Crippen molar-refractivity contribution in [3.63, 3.8) is 0 Å². The lowest BCUT2D eigenvalue weighted by Gasteiger charge is -2.30. The first-order valence-electron chi connectivity index (χ1n) is 5.85. The van der Waals surface area contributed by atoms with Gasteiger partial charge in [0.2, 0.25) is 0 Å². The zero-order valence-corrected chi connectivity index (χ0v) is 11.0. The molecule has 19 heavy (non-hydrogen) atoms. The number of rotatable bonds is 2. The van der Waals surface area contributed by atoms with Crippen molar-refractivity contribution < 1.29 is 19.1 Å². The molecule has 1 heterocycles. The third-order valence-electron chi connectivity index (χ3n) is 2.60. The van der Waals surface area contributed by atoms with Gasteiger partial charge in [-0.3, -0.25) is 0 Å².